The topological polar surface area (TPSA) is 46.5 Å². The molecule has 0 heterocycles. The summed E-state index contributed by atoms with van der Waals surface area (Å²) in [5.74, 6) is 0.480. The molecule has 0 aliphatic heterocycles. The van der Waals surface area contributed by atoms with E-state index in [1.54, 1.807) is 24.3 Å². The molecule has 4 heteroatoms. The number of hydrogen-bond acceptors (Lipinski definition) is 2. The van der Waals surface area contributed by atoms with Crippen molar-refractivity contribution < 1.29 is 14.6 Å². The van der Waals surface area contributed by atoms with E-state index in [1.165, 1.54) is 9.79 Å². The second-order valence-electron chi connectivity index (χ2n) is 6.64. The van der Waals surface area contributed by atoms with Crippen LogP contribution in [-0.2, 0) is 10.9 Å². The molecule has 0 saturated heterocycles. The molecule has 0 fully saturated rings. The quantitative estimate of drug-likeness (QED) is 0.538. The second kappa shape index (κ2) is 8.84. The highest BCUT2D eigenvalue weighted by atomic mass is 32.2. The van der Waals surface area contributed by atoms with Crippen molar-refractivity contribution in [1.82, 2.24) is 0 Å². The van der Waals surface area contributed by atoms with Crippen LogP contribution in [0.25, 0.3) is 0 Å². The summed E-state index contributed by atoms with van der Waals surface area (Å²) in [4.78, 5) is 13.6. The standard InChI is InChI=1S/C25H20O3S/c26-25(27)19-11-13-20(14-12-19)28-21-15-17-24(18-16-21)29(22-7-3-1-4-8-22)23-9-5-2-6-10-23/h1-17,24H,18H2/p+1. The third-order valence-electron chi connectivity index (χ3n) is 4.66. The molecule has 1 aliphatic carbocycles. The average Bonchev–Trinajstić information content (AvgIpc) is 2.77. The van der Waals surface area contributed by atoms with Gasteiger partial charge in [0.05, 0.1) is 16.5 Å². The number of rotatable bonds is 6. The Balaban J connectivity index is 1.51. The molecule has 4 rings (SSSR count). The monoisotopic (exact) mass is 401 g/mol. The van der Waals surface area contributed by atoms with E-state index in [9.17, 15) is 4.79 Å². The Morgan fingerprint density at radius 2 is 1.45 bits per heavy atom. The van der Waals surface area contributed by atoms with Gasteiger partial charge in [0.2, 0.25) is 0 Å². The molecule has 144 valence electrons. The SMILES string of the molecule is O=C(O)c1ccc(OC2=CCC([S+](c3ccccc3)c3ccccc3)C=C2)cc1. The number of carboxylic acid groups (broad SMARTS) is 1. The zero-order valence-electron chi connectivity index (χ0n) is 15.8. The molecule has 3 aromatic carbocycles. The van der Waals surface area contributed by atoms with Gasteiger partial charge in [-0.3, -0.25) is 0 Å². The van der Waals surface area contributed by atoms with Gasteiger partial charge < -0.3 is 9.84 Å². The number of carbonyl (C=O) groups is 1. The van der Waals surface area contributed by atoms with Crippen molar-refractivity contribution in [2.45, 2.75) is 21.5 Å². The maximum absolute atomic E-state index is 11.0. The lowest BCUT2D eigenvalue weighted by atomic mass is 10.1. The molecule has 0 spiro atoms. The zero-order chi connectivity index (χ0) is 20.1. The molecule has 3 nitrogen and oxygen atoms in total. The molecular weight excluding hydrogens is 380 g/mol. The van der Waals surface area contributed by atoms with Crippen LogP contribution in [0.2, 0.25) is 0 Å². The van der Waals surface area contributed by atoms with Crippen molar-refractivity contribution in [2.24, 2.45) is 0 Å². The fourth-order valence-corrected chi connectivity index (χ4v) is 5.65. The number of aromatic carboxylic acids is 1. The lowest BCUT2D eigenvalue weighted by Crippen LogP contribution is -2.22. The third kappa shape index (κ3) is 4.61. The summed E-state index contributed by atoms with van der Waals surface area (Å²) in [7, 11) is -0.0597. The van der Waals surface area contributed by atoms with E-state index in [0.29, 0.717) is 11.0 Å². The highest BCUT2D eigenvalue weighted by Gasteiger charge is 2.34. The first-order chi connectivity index (χ1) is 14.2. The van der Waals surface area contributed by atoms with Crippen LogP contribution in [0, 0.1) is 0 Å². The van der Waals surface area contributed by atoms with E-state index in [4.69, 9.17) is 9.84 Å². The van der Waals surface area contributed by atoms with Crippen LogP contribution in [0.15, 0.2) is 119 Å². The predicted octanol–water partition coefficient (Wildman–Crippen LogP) is 5.71. The Morgan fingerprint density at radius 1 is 0.862 bits per heavy atom. The molecule has 1 unspecified atom stereocenters. The van der Waals surface area contributed by atoms with E-state index >= 15 is 0 Å². The minimum Gasteiger partial charge on any atom is -0.478 e. The fourth-order valence-electron chi connectivity index (χ4n) is 3.25. The predicted molar refractivity (Wildman–Crippen MR) is 116 cm³/mol. The van der Waals surface area contributed by atoms with Crippen LogP contribution in [-0.4, -0.2) is 16.3 Å². The molecule has 1 N–H and O–H groups in total. The Labute approximate surface area is 173 Å². The molecule has 3 aromatic rings. The maximum atomic E-state index is 11.0. The smallest absolute Gasteiger partial charge is 0.335 e. The summed E-state index contributed by atoms with van der Waals surface area (Å²) >= 11 is 0. The van der Waals surface area contributed by atoms with Crippen LogP contribution in [0.5, 0.6) is 5.75 Å². The van der Waals surface area contributed by atoms with Crippen LogP contribution in [0.4, 0.5) is 0 Å². The first-order valence-corrected chi connectivity index (χ1v) is 10.7. The normalized spacial score (nSPS) is 15.8. The van der Waals surface area contributed by atoms with E-state index in [0.717, 1.165) is 12.2 Å². The van der Waals surface area contributed by atoms with Gasteiger partial charge in [-0.05, 0) is 66.8 Å². The Hall–Kier alpha value is -3.24. The molecule has 0 amide bonds. The second-order valence-corrected chi connectivity index (χ2v) is 8.86. The highest BCUT2D eigenvalue weighted by Crippen LogP contribution is 2.32. The largest absolute Gasteiger partial charge is 0.478 e. The van der Waals surface area contributed by atoms with Crippen molar-refractivity contribution in [3.05, 3.63) is 114 Å². The summed E-state index contributed by atoms with van der Waals surface area (Å²) in [6.45, 7) is 0. The number of benzene rings is 3. The molecule has 0 radical (unpaired) electrons. The van der Waals surface area contributed by atoms with Gasteiger partial charge in [-0.25, -0.2) is 4.79 Å². The molecule has 1 atom stereocenters. The Morgan fingerprint density at radius 3 is 1.93 bits per heavy atom. The number of carboxylic acids is 1. The Bertz CT molecular complexity index is 985. The summed E-state index contributed by atoms with van der Waals surface area (Å²) in [6, 6.07) is 27.7. The maximum Gasteiger partial charge on any atom is 0.335 e. The minimum atomic E-state index is -0.940. The number of ether oxygens (including phenoxy) is 1. The Kier molecular flexibility index (Phi) is 5.82. The number of allylic oxidation sites excluding steroid dienone is 2. The van der Waals surface area contributed by atoms with Gasteiger partial charge in [0.15, 0.2) is 15.0 Å². The van der Waals surface area contributed by atoms with Gasteiger partial charge >= 0.3 is 5.97 Å². The van der Waals surface area contributed by atoms with Crippen LogP contribution in [0.1, 0.15) is 16.8 Å². The molecule has 0 saturated carbocycles. The summed E-state index contributed by atoms with van der Waals surface area (Å²) in [5, 5.41) is 9.37. The fraction of sp³-hybridized carbons (Fsp3) is 0.0800. The molecular formula is C25H21O3S+. The minimum absolute atomic E-state index is 0.0597. The lowest BCUT2D eigenvalue weighted by molar-refractivity contribution is 0.0697. The van der Waals surface area contributed by atoms with Gasteiger partial charge in [0, 0.05) is 6.42 Å². The average molecular weight is 402 g/mol. The van der Waals surface area contributed by atoms with Gasteiger partial charge in [-0.15, -0.1) is 0 Å². The van der Waals surface area contributed by atoms with Crippen LogP contribution in [0.3, 0.4) is 0 Å². The first kappa shape index (κ1) is 19.1. The molecule has 1 aliphatic rings. The lowest BCUT2D eigenvalue weighted by Gasteiger charge is -2.18. The van der Waals surface area contributed by atoms with E-state index < -0.39 is 5.97 Å². The van der Waals surface area contributed by atoms with Gasteiger partial charge in [0.1, 0.15) is 11.5 Å². The molecule has 0 bridgehead atoms. The molecule has 29 heavy (non-hydrogen) atoms. The van der Waals surface area contributed by atoms with Crippen molar-refractivity contribution in [3.63, 3.8) is 0 Å². The van der Waals surface area contributed by atoms with Crippen LogP contribution >= 0.6 is 0 Å². The number of hydrogen-bond donors (Lipinski definition) is 1. The van der Waals surface area contributed by atoms with Crippen LogP contribution < -0.4 is 4.74 Å². The van der Waals surface area contributed by atoms with E-state index in [2.05, 4.69) is 60.7 Å². The van der Waals surface area contributed by atoms with E-state index in [1.807, 2.05) is 18.2 Å². The van der Waals surface area contributed by atoms with Crippen molar-refractivity contribution in [1.29, 1.82) is 0 Å². The van der Waals surface area contributed by atoms with Gasteiger partial charge in [-0.2, -0.15) is 0 Å². The van der Waals surface area contributed by atoms with E-state index in [-0.39, 0.29) is 16.5 Å². The first-order valence-electron chi connectivity index (χ1n) is 9.43. The zero-order valence-corrected chi connectivity index (χ0v) is 16.6. The summed E-state index contributed by atoms with van der Waals surface area (Å²) in [5.41, 5.74) is 0.250. The van der Waals surface area contributed by atoms with Crippen molar-refractivity contribution in [3.8, 4) is 5.75 Å². The van der Waals surface area contributed by atoms with Crippen molar-refractivity contribution in [2.75, 3.05) is 0 Å². The summed E-state index contributed by atoms with van der Waals surface area (Å²) < 4.78 is 5.91. The highest BCUT2D eigenvalue weighted by molar-refractivity contribution is 7.97. The van der Waals surface area contributed by atoms with Gasteiger partial charge in [0.25, 0.3) is 0 Å². The third-order valence-corrected chi connectivity index (χ3v) is 7.18. The van der Waals surface area contributed by atoms with Gasteiger partial charge in [-0.1, -0.05) is 36.4 Å². The van der Waals surface area contributed by atoms with Crippen molar-refractivity contribution >= 4 is 16.9 Å². The molecule has 0 aromatic heterocycles. The summed E-state index contributed by atoms with van der Waals surface area (Å²) in [6.07, 6.45) is 7.24.